The van der Waals surface area contributed by atoms with Crippen molar-refractivity contribution in [3.63, 3.8) is 0 Å². The summed E-state index contributed by atoms with van der Waals surface area (Å²) < 4.78 is 2.22. The summed E-state index contributed by atoms with van der Waals surface area (Å²) in [5.41, 5.74) is 9.44. The third-order valence-electron chi connectivity index (χ3n) is 12.2. The predicted octanol–water partition coefficient (Wildman–Crippen LogP) is 13.9. The van der Waals surface area contributed by atoms with Crippen LogP contribution in [0.5, 0.6) is 0 Å². The maximum Gasteiger partial charge on any atom is 3.00 e. The Kier molecular flexibility index (Phi) is 12.4. The van der Waals surface area contributed by atoms with Gasteiger partial charge in [0, 0.05) is 28.9 Å². The molecule has 56 heavy (non-hydrogen) atoms. The number of aromatic nitrogens is 3. The number of benzene rings is 5. The van der Waals surface area contributed by atoms with Crippen LogP contribution in [0.2, 0.25) is 0 Å². The molecule has 290 valence electrons. The van der Waals surface area contributed by atoms with Gasteiger partial charge < -0.3 is 15.2 Å². The van der Waals surface area contributed by atoms with Gasteiger partial charge in [0.1, 0.15) is 12.0 Å². The van der Waals surface area contributed by atoms with E-state index in [-0.39, 0.29) is 31.7 Å². The topological polar surface area (TPSA) is 58.9 Å². The summed E-state index contributed by atoms with van der Waals surface area (Å²) in [5.74, 6) is 0. The summed E-state index contributed by atoms with van der Waals surface area (Å²) in [7, 11) is 2.11. The Hall–Kier alpha value is -3.93. The van der Waals surface area contributed by atoms with Crippen LogP contribution in [0.25, 0.3) is 65.4 Å². The third kappa shape index (κ3) is 8.36. The van der Waals surface area contributed by atoms with E-state index >= 15 is 0 Å². The monoisotopic (exact) mass is 919 g/mol. The standard InChI is InChI=1S/C31H28N3.C19H28N2.Ir/c1-18-14-21-10-12-25-27-28(32-17-33-30(27)34(6)29(25)26(21)15-19(18)2)24-9-7-8-20-16-22(31(3,4)5)11-13-23(20)24;1-4-10-16(11-5-1)19(20-17-12-6-2-7-13-17)21-18-14-8-3-9-15-18;/h7-8,10-17H,1-6H3;1,4-5,10-11,17-19H,2-3,6-9,12-15H2;/q-1;-2;+3. The van der Waals surface area contributed by atoms with Crippen molar-refractivity contribution in [2.75, 3.05) is 0 Å². The molecule has 0 unspecified atom stereocenters. The molecule has 2 heterocycles. The largest absolute Gasteiger partial charge is 3.00 e. The second-order valence-corrected chi connectivity index (χ2v) is 17.2. The normalized spacial score (nSPS) is 15.7. The number of fused-ring (bicyclic) bond motifs is 6. The van der Waals surface area contributed by atoms with E-state index in [1.165, 1.54) is 119 Å². The fourth-order valence-corrected chi connectivity index (χ4v) is 8.89. The molecule has 7 aromatic rings. The van der Waals surface area contributed by atoms with Gasteiger partial charge in [0.05, 0.1) is 5.52 Å². The molecule has 2 aliphatic carbocycles. The van der Waals surface area contributed by atoms with Gasteiger partial charge in [-0.2, -0.15) is 0 Å². The van der Waals surface area contributed by atoms with E-state index in [9.17, 15) is 0 Å². The van der Waals surface area contributed by atoms with E-state index in [0.29, 0.717) is 12.1 Å². The van der Waals surface area contributed by atoms with Gasteiger partial charge >= 0.3 is 20.1 Å². The van der Waals surface area contributed by atoms with Crippen LogP contribution in [-0.4, -0.2) is 26.6 Å². The van der Waals surface area contributed by atoms with Crippen LogP contribution in [-0.2, 0) is 32.6 Å². The van der Waals surface area contributed by atoms with Crippen LogP contribution in [0.1, 0.15) is 113 Å². The molecular formula is C50H56IrN5. The van der Waals surface area contributed by atoms with Crippen LogP contribution in [0, 0.1) is 19.9 Å². The number of nitrogens with zero attached hydrogens (tertiary/aromatic N) is 5. The van der Waals surface area contributed by atoms with Crippen molar-refractivity contribution < 1.29 is 20.1 Å². The molecule has 0 saturated heterocycles. The number of aryl methyl sites for hydroxylation is 3. The van der Waals surface area contributed by atoms with Crippen LogP contribution in [0.15, 0.2) is 91.3 Å². The first-order valence-corrected chi connectivity index (χ1v) is 20.7. The molecule has 0 radical (unpaired) electrons. The quantitative estimate of drug-likeness (QED) is 0.156. The van der Waals surface area contributed by atoms with E-state index in [1.54, 1.807) is 6.33 Å². The summed E-state index contributed by atoms with van der Waals surface area (Å²) in [6, 6.07) is 35.3. The fourth-order valence-electron chi connectivity index (χ4n) is 8.89. The molecule has 0 atom stereocenters. The molecule has 2 saturated carbocycles. The van der Waals surface area contributed by atoms with Crippen molar-refractivity contribution in [2.45, 2.75) is 122 Å². The molecule has 0 aliphatic heterocycles. The zero-order valence-corrected chi connectivity index (χ0v) is 36.4. The minimum atomic E-state index is 0. The fraction of sp³-hybridized carbons (Fsp3) is 0.400. The number of hydrogen-bond acceptors (Lipinski definition) is 2. The van der Waals surface area contributed by atoms with Gasteiger partial charge in [-0.1, -0.05) is 163 Å². The zero-order valence-electron chi connectivity index (χ0n) is 34.0. The van der Waals surface area contributed by atoms with Crippen molar-refractivity contribution in [3.05, 3.63) is 130 Å². The molecule has 0 amide bonds. The van der Waals surface area contributed by atoms with Crippen molar-refractivity contribution in [1.82, 2.24) is 14.5 Å². The Balaban J connectivity index is 0.000000188. The van der Waals surface area contributed by atoms with Gasteiger partial charge in [0.15, 0.2) is 0 Å². The van der Waals surface area contributed by atoms with Gasteiger partial charge in [-0.05, 0) is 47.4 Å². The average Bonchev–Trinajstić information content (AvgIpc) is 3.50. The summed E-state index contributed by atoms with van der Waals surface area (Å²) in [6.07, 6.45) is 15.0. The molecule has 2 aromatic heterocycles. The van der Waals surface area contributed by atoms with Crippen molar-refractivity contribution in [3.8, 4) is 11.3 Å². The minimum absolute atomic E-state index is 0. The SMILES string of the molecule is Cc1cc2ccc3c4c(-c5[c-]ccc6cc(C(C)(C)C)ccc56)ncnc4n(C)c3c2cc1C.[Ir+3].c1ccc(C([N-]C2CCCCC2)[N-]C2CCCCC2)cc1. The average molecular weight is 919 g/mol. The van der Waals surface area contributed by atoms with Gasteiger partial charge in [-0.15, -0.1) is 41.2 Å². The van der Waals surface area contributed by atoms with Crippen LogP contribution >= 0.6 is 0 Å². The van der Waals surface area contributed by atoms with E-state index < -0.39 is 0 Å². The Morgan fingerprint density at radius 2 is 1.32 bits per heavy atom. The molecule has 0 bridgehead atoms. The molecule has 6 heteroatoms. The minimum Gasteiger partial charge on any atom is -0.671 e. The molecule has 5 aromatic carbocycles. The molecule has 2 fully saturated rings. The maximum atomic E-state index is 5.13. The molecular weight excluding hydrogens is 863 g/mol. The van der Waals surface area contributed by atoms with Crippen LogP contribution in [0.4, 0.5) is 0 Å². The number of hydrogen-bond donors (Lipinski definition) is 0. The summed E-state index contributed by atoms with van der Waals surface area (Å²) in [5, 5.41) is 17.4. The van der Waals surface area contributed by atoms with Crippen molar-refractivity contribution in [2.24, 2.45) is 7.05 Å². The Morgan fingerprint density at radius 1 is 0.696 bits per heavy atom. The second-order valence-electron chi connectivity index (χ2n) is 17.2. The summed E-state index contributed by atoms with van der Waals surface area (Å²) in [4.78, 5) is 9.53. The Morgan fingerprint density at radius 3 is 1.98 bits per heavy atom. The molecule has 5 nitrogen and oxygen atoms in total. The first-order valence-electron chi connectivity index (χ1n) is 20.7. The summed E-state index contributed by atoms with van der Waals surface area (Å²) in [6.45, 7) is 11.1. The number of rotatable bonds is 6. The van der Waals surface area contributed by atoms with E-state index in [4.69, 9.17) is 20.6 Å². The predicted molar refractivity (Wildman–Crippen MR) is 233 cm³/mol. The first-order chi connectivity index (χ1) is 26.7. The third-order valence-corrected chi connectivity index (χ3v) is 12.2. The Bertz CT molecular complexity index is 2410. The van der Waals surface area contributed by atoms with Crippen molar-refractivity contribution in [1.29, 1.82) is 0 Å². The van der Waals surface area contributed by atoms with E-state index in [1.807, 2.05) is 6.07 Å². The second kappa shape index (κ2) is 17.3. The van der Waals surface area contributed by atoms with Gasteiger partial charge in [0.25, 0.3) is 0 Å². The molecule has 0 spiro atoms. The van der Waals surface area contributed by atoms with E-state index in [0.717, 1.165) is 22.3 Å². The Labute approximate surface area is 347 Å². The smallest absolute Gasteiger partial charge is 0.671 e. The van der Waals surface area contributed by atoms with Crippen molar-refractivity contribution >= 4 is 43.5 Å². The first kappa shape index (κ1) is 40.3. The van der Waals surface area contributed by atoms with Crippen LogP contribution < -0.4 is 0 Å². The molecule has 2 aliphatic rings. The maximum absolute atomic E-state index is 5.13. The summed E-state index contributed by atoms with van der Waals surface area (Å²) >= 11 is 0. The molecule has 9 rings (SSSR count). The zero-order chi connectivity index (χ0) is 38.1. The van der Waals surface area contributed by atoms with Crippen LogP contribution in [0.3, 0.4) is 0 Å². The molecule has 0 N–H and O–H groups in total. The van der Waals surface area contributed by atoms with Gasteiger partial charge in [0.2, 0.25) is 0 Å². The van der Waals surface area contributed by atoms with Gasteiger partial charge in [-0.25, -0.2) is 11.1 Å². The van der Waals surface area contributed by atoms with E-state index in [2.05, 4.69) is 131 Å². The van der Waals surface area contributed by atoms with Gasteiger partial charge in [-0.3, -0.25) is 4.98 Å².